The van der Waals surface area contributed by atoms with Gasteiger partial charge in [0.05, 0.1) is 11.0 Å². The zero-order chi connectivity index (χ0) is 29.5. The maximum Gasteiger partial charge on any atom is 0.0787 e. The summed E-state index contributed by atoms with van der Waals surface area (Å²) in [6.45, 7) is 0. The highest BCUT2D eigenvalue weighted by atomic mass is 32.1. The number of hydrogen-bond acceptors (Lipinski definition) is 3. The minimum Gasteiger partial charge on any atom is -0.256 e. The summed E-state index contributed by atoms with van der Waals surface area (Å²) in [5.41, 5.74) is 6.73. The van der Waals surface area contributed by atoms with Gasteiger partial charge in [0.15, 0.2) is 0 Å². The van der Waals surface area contributed by atoms with Gasteiger partial charge in [0.25, 0.3) is 0 Å². The first-order valence-corrected chi connectivity index (χ1v) is 16.0. The normalized spacial score (nSPS) is 12.0. The van der Waals surface area contributed by atoms with Crippen LogP contribution in [-0.4, -0.2) is 9.97 Å². The Balaban J connectivity index is 1.30. The Labute approximate surface area is 262 Å². The van der Waals surface area contributed by atoms with Crippen LogP contribution in [-0.2, 0) is 0 Å². The minimum atomic E-state index is 0.990. The zero-order valence-electron chi connectivity index (χ0n) is 24.2. The standard InChI is InChI=1S/C42H24N2S/c1-3-12-33-29(9-1)35(27-17-18-32-31-11-5-6-14-39(31)45-40(32)22-27)23-36-30-10-2-4-13-34(30)42-37(41(33)36)20-28(24-44-42)26-16-15-25-8-7-19-43-38(25)21-26/h1-24H. The van der Waals surface area contributed by atoms with Gasteiger partial charge in [0.1, 0.15) is 0 Å². The van der Waals surface area contributed by atoms with Gasteiger partial charge in [0, 0.05) is 54.3 Å². The van der Waals surface area contributed by atoms with Crippen LogP contribution in [0.4, 0.5) is 0 Å². The summed E-state index contributed by atoms with van der Waals surface area (Å²) in [6.07, 6.45) is 3.87. The molecular weight excluding hydrogens is 565 g/mol. The molecule has 3 heteroatoms. The highest BCUT2D eigenvalue weighted by Crippen LogP contribution is 2.44. The number of aromatic nitrogens is 2. The summed E-state index contributed by atoms with van der Waals surface area (Å²) in [4.78, 5) is 9.75. The molecule has 10 rings (SSSR count). The Hall–Kier alpha value is -5.64. The lowest BCUT2D eigenvalue weighted by atomic mass is 9.88. The quantitative estimate of drug-likeness (QED) is 0.188. The van der Waals surface area contributed by atoms with E-state index in [0.29, 0.717) is 0 Å². The van der Waals surface area contributed by atoms with Gasteiger partial charge in [-0.15, -0.1) is 11.3 Å². The molecule has 45 heavy (non-hydrogen) atoms. The van der Waals surface area contributed by atoms with Crippen molar-refractivity contribution in [3.05, 3.63) is 146 Å². The van der Waals surface area contributed by atoms with Crippen LogP contribution in [0.2, 0.25) is 0 Å². The lowest BCUT2D eigenvalue weighted by Crippen LogP contribution is -1.91. The molecule has 10 aromatic rings. The Morgan fingerprint density at radius 3 is 2.09 bits per heavy atom. The van der Waals surface area contributed by atoms with Gasteiger partial charge in [-0.1, -0.05) is 97.1 Å². The van der Waals surface area contributed by atoms with Gasteiger partial charge in [-0.3, -0.25) is 9.97 Å². The van der Waals surface area contributed by atoms with Gasteiger partial charge < -0.3 is 0 Å². The van der Waals surface area contributed by atoms with Crippen molar-refractivity contribution in [3.8, 4) is 22.3 Å². The molecule has 7 aromatic carbocycles. The lowest BCUT2D eigenvalue weighted by molar-refractivity contribution is 1.40. The van der Waals surface area contributed by atoms with Crippen molar-refractivity contribution < 1.29 is 0 Å². The Bertz CT molecular complexity index is 2830. The van der Waals surface area contributed by atoms with Crippen LogP contribution < -0.4 is 0 Å². The van der Waals surface area contributed by atoms with Crippen LogP contribution in [0.3, 0.4) is 0 Å². The zero-order valence-corrected chi connectivity index (χ0v) is 25.0. The van der Waals surface area contributed by atoms with E-state index in [9.17, 15) is 0 Å². The van der Waals surface area contributed by atoms with Crippen LogP contribution in [0.25, 0.3) is 96.5 Å². The van der Waals surface area contributed by atoms with E-state index in [4.69, 9.17) is 4.98 Å². The number of fused-ring (bicyclic) bond motifs is 12. The van der Waals surface area contributed by atoms with E-state index in [1.54, 1.807) is 0 Å². The number of rotatable bonds is 2. The molecule has 0 bridgehead atoms. The molecule has 0 aliphatic carbocycles. The van der Waals surface area contributed by atoms with Crippen molar-refractivity contribution in [1.82, 2.24) is 9.97 Å². The summed E-state index contributed by atoms with van der Waals surface area (Å²) in [7, 11) is 0. The molecule has 0 radical (unpaired) electrons. The van der Waals surface area contributed by atoms with Crippen LogP contribution >= 0.6 is 11.3 Å². The van der Waals surface area contributed by atoms with Crippen LogP contribution in [0.5, 0.6) is 0 Å². The Morgan fingerprint density at radius 1 is 0.422 bits per heavy atom. The number of nitrogens with zero attached hydrogens (tertiary/aromatic N) is 2. The van der Waals surface area contributed by atoms with E-state index in [0.717, 1.165) is 27.5 Å². The third kappa shape index (κ3) is 3.68. The molecule has 3 heterocycles. The molecule has 0 saturated heterocycles. The first kappa shape index (κ1) is 24.8. The SMILES string of the molecule is c1cnc2cc(-c3cnc4c5ccccc5c5cc(-c6ccc7c(c6)sc6ccccc67)c6ccccc6c5c4c3)ccc2c1. The number of pyridine rings is 2. The van der Waals surface area contributed by atoms with Crippen molar-refractivity contribution in [1.29, 1.82) is 0 Å². The molecule has 3 aromatic heterocycles. The fraction of sp³-hybridized carbons (Fsp3) is 0. The third-order valence-corrected chi connectivity index (χ3v) is 10.4. The molecule has 0 fully saturated rings. The predicted molar refractivity (Wildman–Crippen MR) is 193 cm³/mol. The van der Waals surface area contributed by atoms with Crippen LogP contribution in [0.1, 0.15) is 0 Å². The number of hydrogen-bond donors (Lipinski definition) is 0. The van der Waals surface area contributed by atoms with Gasteiger partial charge in [0.2, 0.25) is 0 Å². The highest BCUT2D eigenvalue weighted by molar-refractivity contribution is 7.25. The van der Waals surface area contributed by atoms with E-state index in [-0.39, 0.29) is 0 Å². The first-order valence-electron chi connectivity index (χ1n) is 15.2. The molecular formula is C42H24N2S. The lowest BCUT2D eigenvalue weighted by Gasteiger charge is -2.16. The molecule has 0 amide bonds. The Kier molecular flexibility index (Phi) is 5.19. The summed E-state index contributed by atoms with van der Waals surface area (Å²) >= 11 is 1.87. The predicted octanol–water partition coefficient (Wildman–Crippen LogP) is 11.9. The second kappa shape index (κ2) is 9.43. The van der Waals surface area contributed by atoms with E-state index < -0.39 is 0 Å². The van der Waals surface area contributed by atoms with E-state index in [2.05, 4.69) is 132 Å². The summed E-state index contributed by atoms with van der Waals surface area (Å²) in [5.74, 6) is 0. The van der Waals surface area contributed by atoms with Crippen molar-refractivity contribution in [3.63, 3.8) is 0 Å². The molecule has 208 valence electrons. The largest absolute Gasteiger partial charge is 0.256 e. The van der Waals surface area contributed by atoms with Gasteiger partial charge in [-0.2, -0.15) is 0 Å². The fourth-order valence-electron chi connectivity index (χ4n) is 7.21. The van der Waals surface area contributed by atoms with Gasteiger partial charge in [-0.25, -0.2) is 0 Å². The molecule has 0 N–H and O–H groups in total. The second-order valence-corrected chi connectivity index (χ2v) is 12.9. The Morgan fingerprint density at radius 2 is 1.18 bits per heavy atom. The topological polar surface area (TPSA) is 25.8 Å². The molecule has 0 unspecified atom stereocenters. The minimum absolute atomic E-state index is 0.990. The van der Waals surface area contributed by atoms with Gasteiger partial charge in [-0.05, 0) is 80.0 Å². The van der Waals surface area contributed by atoms with Crippen molar-refractivity contribution >= 4 is 85.6 Å². The maximum absolute atomic E-state index is 5.14. The molecule has 2 nitrogen and oxygen atoms in total. The molecule has 0 saturated carbocycles. The molecule has 0 aliphatic rings. The summed E-state index contributed by atoms with van der Waals surface area (Å²) in [6, 6.07) is 48.6. The molecule has 0 spiro atoms. The third-order valence-electron chi connectivity index (χ3n) is 9.30. The second-order valence-electron chi connectivity index (χ2n) is 11.8. The highest BCUT2D eigenvalue weighted by Gasteiger charge is 2.17. The van der Waals surface area contributed by atoms with Crippen LogP contribution in [0.15, 0.2) is 146 Å². The number of benzene rings is 7. The van der Waals surface area contributed by atoms with E-state index in [1.165, 1.54) is 69.0 Å². The monoisotopic (exact) mass is 588 g/mol. The average molecular weight is 589 g/mol. The smallest absolute Gasteiger partial charge is 0.0787 e. The number of thiophene rings is 1. The van der Waals surface area contributed by atoms with Crippen LogP contribution in [0, 0.1) is 0 Å². The maximum atomic E-state index is 5.14. The summed E-state index contributed by atoms with van der Waals surface area (Å²) in [5, 5.41) is 12.4. The fourth-order valence-corrected chi connectivity index (χ4v) is 8.35. The first-order chi connectivity index (χ1) is 22.3. The average Bonchev–Trinajstić information content (AvgIpc) is 3.48. The van der Waals surface area contributed by atoms with E-state index in [1.807, 2.05) is 29.8 Å². The van der Waals surface area contributed by atoms with Crippen molar-refractivity contribution in [2.24, 2.45) is 0 Å². The van der Waals surface area contributed by atoms with Crippen molar-refractivity contribution in [2.45, 2.75) is 0 Å². The summed E-state index contributed by atoms with van der Waals surface area (Å²) < 4.78 is 2.65. The molecule has 0 aliphatic heterocycles. The molecule has 0 atom stereocenters. The van der Waals surface area contributed by atoms with Crippen molar-refractivity contribution in [2.75, 3.05) is 0 Å². The van der Waals surface area contributed by atoms with E-state index >= 15 is 0 Å². The van der Waals surface area contributed by atoms with Gasteiger partial charge >= 0.3 is 0 Å².